The lowest BCUT2D eigenvalue weighted by atomic mass is 9.94. The Labute approximate surface area is 68.6 Å². The number of rotatable bonds is 4. The third-order valence-electron chi connectivity index (χ3n) is 1.98. The van der Waals surface area contributed by atoms with Gasteiger partial charge >= 0.3 is 0 Å². The zero-order valence-electron chi connectivity index (χ0n) is 7.78. The number of nitrogens with zero attached hydrogens (tertiary/aromatic N) is 1. The van der Waals surface area contributed by atoms with Crippen LogP contribution in [0.5, 0.6) is 0 Å². The minimum Gasteiger partial charge on any atom is -0.396 e. The van der Waals surface area contributed by atoms with E-state index in [2.05, 4.69) is 0 Å². The summed E-state index contributed by atoms with van der Waals surface area (Å²) in [6, 6.07) is 0. The van der Waals surface area contributed by atoms with Crippen molar-refractivity contribution in [3.05, 3.63) is 0 Å². The molecule has 3 heteroatoms. The summed E-state index contributed by atoms with van der Waals surface area (Å²) in [6.45, 7) is 4.03. The highest BCUT2D eigenvalue weighted by molar-refractivity contribution is 4.68. The molecule has 0 aromatic heterocycles. The van der Waals surface area contributed by atoms with E-state index in [9.17, 15) is 5.11 Å². The zero-order valence-corrected chi connectivity index (χ0v) is 7.78. The first kappa shape index (κ1) is 10.9. The zero-order chi connectivity index (χ0) is 9.02. The van der Waals surface area contributed by atoms with E-state index in [1.54, 1.807) is 19.0 Å². The van der Waals surface area contributed by atoms with E-state index >= 15 is 0 Å². The Kier molecular flexibility index (Phi) is 4.65. The van der Waals surface area contributed by atoms with E-state index in [1.807, 2.05) is 13.8 Å². The molecular formula is C8H19NO2. The largest absolute Gasteiger partial charge is 0.396 e. The van der Waals surface area contributed by atoms with Crippen molar-refractivity contribution in [3.8, 4) is 0 Å². The molecule has 0 aliphatic heterocycles. The number of hydrogen-bond acceptors (Lipinski definition) is 3. The van der Waals surface area contributed by atoms with Gasteiger partial charge in [-0.15, -0.1) is 0 Å². The Morgan fingerprint density at radius 2 is 1.73 bits per heavy atom. The van der Waals surface area contributed by atoms with Gasteiger partial charge < -0.3 is 10.2 Å². The molecule has 0 saturated carbocycles. The van der Waals surface area contributed by atoms with Gasteiger partial charge in [-0.05, 0) is 20.0 Å². The van der Waals surface area contributed by atoms with Gasteiger partial charge in [0, 0.05) is 12.5 Å². The normalized spacial score (nSPS) is 17.5. The monoisotopic (exact) mass is 161 g/mol. The van der Waals surface area contributed by atoms with Crippen molar-refractivity contribution < 1.29 is 10.2 Å². The van der Waals surface area contributed by atoms with Crippen molar-refractivity contribution in [2.24, 2.45) is 11.8 Å². The van der Waals surface area contributed by atoms with Gasteiger partial charge in [0.15, 0.2) is 0 Å². The summed E-state index contributed by atoms with van der Waals surface area (Å²) in [6.07, 6.45) is -0.542. The Morgan fingerprint density at radius 1 is 1.27 bits per heavy atom. The summed E-state index contributed by atoms with van der Waals surface area (Å²) < 4.78 is 0. The maximum atomic E-state index is 9.52. The van der Waals surface area contributed by atoms with Crippen LogP contribution in [0, 0.1) is 11.8 Å². The molecular weight excluding hydrogens is 142 g/mol. The summed E-state index contributed by atoms with van der Waals surface area (Å²) in [4.78, 5) is 1.71. The predicted octanol–water partition coefficient (Wildman–Crippen LogP) is 0.131. The van der Waals surface area contributed by atoms with Crippen LogP contribution in [0.4, 0.5) is 0 Å². The highest BCUT2D eigenvalue weighted by Gasteiger charge is 2.22. The highest BCUT2D eigenvalue weighted by atomic mass is 16.3. The molecule has 68 valence electrons. The molecule has 0 radical (unpaired) electrons. The van der Waals surface area contributed by atoms with Gasteiger partial charge in [0.2, 0.25) is 0 Å². The number of aliphatic hydroxyl groups excluding tert-OH is 2. The highest BCUT2D eigenvalue weighted by Crippen LogP contribution is 2.15. The molecule has 0 amide bonds. The van der Waals surface area contributed by atoms with E-state index < -0.39 is 6.23 Å². The maximum Gasteiger partial charge on any atom is 0.112 e. The van der Waals surface area contributed by atoms with Crippen molar-refractivity contribution in [1.29, 1.82) is 0 Å². The lowest BCUT2D eigenvalue weighted by Crippen LogP contribution is -2.39. The van der Waals surface area contributed by atoms with Crippen LogP contribution < -0.4 is 0 Å². The van der Waals surface area contributed by atoms with Crippen LogP contribution in [0.25, 0.3) is 0 Å². The lowest BCUT2D eigenvalue weighted by molar-refractivity contribution is -0.0463. The topological polar surface area (TPSA) is 43.7 Å². The van der Waals surface area contributed by atoms with Crippen molar-refractivity contribution >= 4 is 0 Å². The molecule has 0 spiro atoms. The van der Waals surface area contributed by atoms with Crippen molar-refractivity contribution in [3.63, 3.8) is 0 Å². The van der Waals surface area contributed by atoms with Crippen molar-refractivity contribution in [2.45, 2.75) is 20.1 Å². The average molecular weight is 161 g/mol. The Bertz CT molecular complexity index is 104. The van der Waals surface area contributed by atoms with E-state index in [-0.39, 0.29) is 12.5 Å². The van der Waals surface area contributed by atoms with Crippen LogP contribution in [0.1, 0.15) is 13.8 Å². The first-order chi connectivity index (χ1) is 5.00. The third kappa shape index (κ3) is 3.18. The van der Waals surface area contributed by atoms with Crippen LogP contribution in [0.15, 0.2) is 0 Å². The van der Waals surface area contributed by atoms with Gasteiger partial charge in [-0.25, -0.2) is 0 Å². The molecule has 0 saturated heterocycles. The Balaban J connectivity index is 4.02. The van der Waals surface area contributed by atoms with Crippen LogP contribution in [0.2, 0.25) is 0 Å². The van der Waals surface area contributed by atoms with E-state index in [1.165, 1.54) is 0 Å². The second kappa shape index (κ2) is 4.70. The molecule has 0 aromatic carbocycles. The summed E-state index contributed by atoms with van der Waals surface area (Å²) in [5.74, 6) is 0.252. The van der Waals surface area contributed by atoms with E-state index in [0.29, 0.717) is 5.92 Å². The standard InChI is InChI=1S/C8H19NO2/c1-6(2)7(5-10)8(11)9(3)4/h6-8,10-11H,5H2,1-4H3. The first-order valence-corrected chi connectivity index (χ1v) is 3.96. The predicted molar refractivity (Wildman–Crippen MR) is 45.1 cm³/mol. The molecule has 2 N–H and O–H groups in total. The molecule has 11 heavy (non-hydrogen) atoms. The van der Waals surface area contributed by atoms with Gasteiger partial charge in [0.05, 0.1) is 0 Å². The quantitative estimate of drug-likeness (QED) is 0.576. The minimum atomic E-state index is -0.542. The van der Waals surface area contributed by atoms with Gasteiger partial charge in [-0.2, -0.15) is 0 Å². The van der Waals surface area contributed by atoms with Crippen LogP contribution in [0.3, 0.4) is 0 Å². The fraction of sp³-hybridized carbons (Fsp3) is 1.00. The summed E-state index contributed by atoms with van der Waals surface area (Å²) in [5, 5.41) is 18.5. The van der Waals surface area contributed by atoms with Gasteiger partial charge in [-0.3, -0.25) is 4.90 Å². The maximum absolute atomic E-state index is 9.52. The minimum absolute atomic E-state index is 0.0387. The fourth-order valence-electron chi connectivity index (χ4n) is 1.03. The average Bonchev–Trinajstić information content (AvgIpc) is 1.88. The molecule has 3 nitrogen and oxygen atoms in total. The molecule has 0 bridgehead atoms. The van der Waals surface area contributed by atoms with Crippen molar-refractivity contribution in [2.75, 3.05) is 20.7 Å². The van der Waals surface area contributed by atoms with E-state index in [4.69, 9.17) is 5.11 Å². The second-order valence-corrected chi connectivity index (χ2v) is 3.47. The summed E-state index contributed by atoms with van der Waals surface area (Å²) >= 11 is 0. The second-order valence-electron chi connectivity index (χ2n) is 3.47. The molecule has 0 aromatic rings. The number of aliphatic hydroxyl groups is 2. The van der Waals surface area contributed by atoms with E-state index in [0.717, 1.165) is 0 Å². The Morgan fingerprint density at radius 3 is 1.82 bits per heavy atom. The van der Waals surface area contributed by atoms with Gasteiger partial charge in [-0.1, -0.05) is 13.8 Å². The third-order valence-corrected chi connectivity index (χ3v) is 1.98. The summed E-state index contributed by atoms with van der Waals surface area (Å²) in [7, 11) is 3.60. The molecule has 0 heterocycles. The molecule has 0 aliphatic rings. The lowest BCUT2D eigenvalue weighted by Gasteiger charge is -2.29. The van der Waals surface area contributed by atoms with Crippen LogP contribution >= 0.6 is 0 Å². The van der Waals surface area contributed by atoms with Crippen LogP contribution in [-0.2, 0) is 0 Å². The van der Waals surface area contributed by atoms with Crippen molar-refractivity contribution in [1.82, 2.24) is 4.90 Å². The van der Waals surface area contributed by atoms with Gasteiger partial charge in [0.25, 0.3) is 0 Å². The number of hydrogen-bond donors (Lipinski definition) is 2. The summed E-state index contributed by atoms with van der Waals surface area (Å²) in [5.41, 5.74) is 0. The molecule has 0 aliphatic carbocycles. The van der Waals surface area contributed by atoms with Gasteiger partial charge in [0.1, 0.15) is 6.23 Å². The Hall–Kier alpha value is -0.120. The van der Waals surface area contributed by atoms with Crippen LogP contribution in [-0.4, -0.2) is 42.0 Å². The molecule has 2 atom stereocenters. The smallest absolute Gasteiger partial charge is 0.112 e. The molecule has 0 rings (SSSR count). The molecule has 2 unspecified atom stereocenters. The molecule has 0 fully saturated rings. The first-order valence-electron chi connectivity index (χ1n) is 3.96. The fourth-order valence-corrected chi connectivity index (χ4v) is 1.03. The SMILES string of the molecule is CC(C)C(CO)C(O)N(C)C.